The Morgan fingerprint density at radius 1 is 1.23 bits per heavy atom. The van der Waals surface area contributed by atoms with Gasteiger partial charge in [-0.15, -0.1) is 0 Å². The Bertz CT molecular complexity index is 547. The average Bonchev–Trinajstić information content (AvgIpc) is 2.85. The monoisotopic (exact) mass is 305 g/mol. The number of ether oxygens (including phenoxy) is 2. The zero-order valence-electron chi connectivity index (χ0n) is 12.2. The second kappa shape index (κ2) is 5.96. The van der Waals surface area contributed by atoms with Crippen LogP contribution in [0.3, 0.4) is 0 Å². The number of alkyl carbamates (subject to hydrolysis) is 1. The van der Waals surface area contributed by atoms with Crippen LogP contribution in [0.25, 0.3) is 0 Å². The van der Waals surface area contributed by atoms with E-state index in [1.165, 1.54) is 0 Å². The maximum Gasteiger partial charge on any atom is 0.408 e. The summed E-state index contributed by atoms with van der Waals surface area (Å²) >= 11 is 0. The van der Waals surface area contributed by atoms with Crippen LogP contribution in [0.15, 0.2) is 30.3 Å². The SMILES string of the molecule is O=C(NC1(C(=O)O)CC2CCC(C1)O2)OCc1ccccc1. The number of nitrogens with one attached hydrogen (secondary N) is 1. The lowest BCUT2D eigenvalue weighted by atomic mass is 9.86. The highest BCUT2D eigenvalue weighted by Crippen LogP contribution is 2.38. The van der Waals surface area contributed by atoms with Gasteiger partial charge >= 0.3 is 12.1 Å². The van der Waals surface area contributed by atoms with Crippen LogP contribution in [0.5, 0.6) is 0 Å². The van der Waals surface area contributed by atoms with E-state index >= 15 is 0 Å². The van der Waals surface area contributed by atoms with Crippen LogP contribution in [0.1, 0.15) is 31.2 Å². The quantitative estimate of drug-likeness (QED) is 0.889. The maximum absolute atomic E-state index is 12.0. The van der Waals surface area contributed by atoms with E-state index < -0.39 is 17.6 Å². The van der Waals surface area contributed by atoms with Crippen molar-refractivity contribution >= 4 is 12.1 Å². The van der Waals surface area contributed by atoms with Gasteiger partial charge < -0.3 is 19.9 Å². The Hall–Kier alpha value is -2.08. The van der Waals surface area contributed by atoms with Gasteiger partial charge in [-0.2, -0.15) is 0 Å². The minimum absolute atomic E-state index is 0.0933. The summed E-state index contributed by atoms with van der Waals surface area (Å²) in [5.41, 5.74) is -0.424. The third-order valence-corrected chi connectivity index (χ3v) is 4.31. The number of carboxylic acid groups (broad SMARTS) is 1. The highest BCUT2D eigenvalue weighted by molar-refractivity contribution is 5.84. The number of carbonyl (C=O) groups excluding carboxylic acids is 1. The molecule has 6 nitrogen and oxygen atoms in total. The van der Waals surface area contributed by atoms with E-state index in [1.807, 2.05) is 30.3 Å². The molecule has 6 heteroatoms. The molecule has 2 atom stereocenters. The Labute approximate surface area is 128 Å². The molecular formula is C16H19NO5. The molecular weight excluding hydrogens is 286 g/mol. The van der Waals surface area contributed by atoms with E-state index in [0.29, 0.717) is 12.8 Å². The summed E-state index contributed by atoms with van der Waals surface area (Å²) in [6.07, 6.45) is 1.39. The van der Waals surface area contributed by atoms with Crippen LogP contribution < -0.4 is 5.32 Å². The molecule has 2 aliphatic rings. The number of amides is 1. The van der Waals surface area contributed by atoms with Gasteiger partial charge in [0.1, 0.15) is 12.1 Å². The molecule has 1 amide bonds. The summed E-state index contributed by atoms with van der Waals surface area (Å²) in [6.45, 7) is 0.117. The molecule has 1 aromatic rings. The molecule has 118 valence electrons. The predicted octanol–water partition coefficient (Wildman–Crippen LogP) is 2.08. The zero-order chi connectivity index (χ0) is 15.6. The van der Waals surface area contributed by atoms with Gasteiger partial charge in [0.25, 0.3) is 0 Å². The summed E-state index contributed by atoms with van der Waals surface area (Å²) in [7, 11) is 0. The van der Waals surface area contributed by atoms with Crippen molar-refractivity contribution in [3.63, 3.8) is 0 Å². The Kier molecular flexibility index (Phi) is 4.02. The molecule has 2 aliphatic heterocycles. The van der Waals surface area contributed by atoms with E-state index in [1.54, 1.807) is 0 Å². The van der Waals surface area contributed by atoms with Crippen molar-refractivity contribution < 1.29 is 24.2 Å². The van der Waals surface area contributed by atoms with Crippen LogP contribution in [0.2, 0.25) is 0 Å². The third-order valence-electron chi connectivity index (χ3n) is 4.31. The van der Waals surface area contributed by atoms with Crippen LogP contribution in [-0.4, -0.2) is 34.9 Å². The van der Waals surface area contributed by atoms with Gasteiger partial charge in [0, 0.05) is 12.8 Å². The van der Waals surface area contributed by atoms with Gasteiger partial charge in [0.15, 0.2) is 0 Å². The summed E-state index contributed by atoms with van der Waals surface area (Å²) in [5.74, 6) is -1.02. The fraction of sp³-hybridized carbons (Fsp3) is 0.500. The number of fused-ring (bicyclic) bond motifs is 2. The van der Waals surface area contributed by atoms with Gasteiger partial charge in [-0.05, 0) is 18.4 Å². The molecule has 22 heavy (non-hydrogen) atoms. The minimum atomic E-state index is -1.28. The topological polar surface area (TPSA) is 84.9 Å². The van der Waals surface area contributed by atoms with Crippen LogP contribution in [0, 0.1) is 0 Å². The van der Waals surface area contributed by atoms with Crippen molar-refractivity contribution in [3.8, 4) is 0 Å². The predicted molar refractivity (Wildman–Crippen MR) is 77.3 cm³/mol. The molecule has 2 unspecified atom stereocenters. The molecule has 0 aromatic heterocycles. The maximum atomic E-state index is 12.0. The van der Waals surface area contributed by atoms with Gasteiger partial charge in [0.2, 0.25) is 0 Å². The van der Waals surface area contributed by atoms with E-state index in [-0.39, 0.29) is 18.8 Å². The first-order valence-corrected chi connectivity index (χ1v) is 7.45. The summed E-state index contributed by atoms with van der Waals surface area (Å²) in [4.78, 5) is 23.7. The zero-order valence-corrected chi connectivity index (χ0v) is 12.2. The lowest BCUT2D eigenvalue weighted by Crippen LogP contribution is -2.59. The van der Waals surface area contributed by atoms with Crippen molar-refractivity contribution in [1.82, 2.24) is 5.32 Å². The van der Waals surface area contributed by atoms with Gasteiger partial charge in [0.05, 0.1) is 12.2 Å². The molecule has 2 N–H and O–H groups in total. The van der Waals surface area contributed by atoms with Crippen LogP contribution in [0.4, 0.5) is 4.79 Å². The number of rotatable bonds is 4. The highest BCUT2D eigenvalue weighted by atomic mass is 16.5. The molecule has 0 radical (unpaired) electrons. The van der Waals surface area contributed by atoms with Crippen LogP contribution in [-0.2, 0) is 20.9 Å². The molecule has 0 saturated carbocycles. The van der Waals surface area contributed by atoms with Crippen molar-refractivity contribution in [2.75, 3.05) is 0 Å². The number of hydrogen-bond acceptors (Lipinski definition) is 4. The molecule has 2 fully saturated rings. The van der Waals surface area contributed by atoms with Crippen molar-refractivity contribution in [3.05, 3.63) is 35.9 Å². The van der Waals surface area contributed by atoms with Crippen molar-refractivity contribution in [2.45, 2.75) is 50.0 Å². The molecule has 2 saturated heterocycles. The molecule has 1 aromatic carbocycles. The lowest BCUT2D eigenvalue weighted by Gasteiger charge is -2.37. The normalized spacial score (nSPS) is 29.8. The number of carbonyl (C=O) groups is 2. The highest BCUT2D eigenvalue weighted by Gasteiger charge is 2.51. The first-order chi connectivity index (χ1) is 10.6. The molecule has 3 rings (SSSR count). The second-order valence-electron chi connectivity index (χ2n) is 5.94. The van der Waals surface area contributed by atoms with E-state index in [0.717, 1.165) is 18.4 Å². The largest absolute Gasteiger partial charge is 0.479 e. The smallest absolute Gasteiger partial charge is 0.408 e. The number of aliphatic carboxylic acids is 1. The van der Waals surface area contributed by atoms with E-state index in [2.05, 4.69) is 5.32 Å². The summed E-state index contributed by atoms with van der Waals surface area (Å²) in [5, 5.41) is 12.1. The summed E-state index contributed by atoms with van der Waals surface area (Å²) < 4.78 is 10.8. The molecule has 0 aliphatic carbocycles. The number of hydrogen-bond donors (Lipinski definition) is 2. The third kappa shape index (κ3) is 3.06. The second-order valence-corrected chi connectivity index (χ2v) is 5.94. The van der Waals surface area contributed by atoms with E-state index in [4.69, 9.17) is 9.47 Å². The molecule has 2 bridgehead atoms. The Morgan fingerprint density at radius 3 is 2.45 bits per heavy atom. The molecule has 0 spiro atoms. The van der Waals surface area contributed by atoms with Crippen molar-refractivity contribution in [2.24, 2.45) is 0 Å². The fourth-order valence-electron chi connectivity index (χ4n) is 3.23. The number of benzene rings is 1. The van der Waals surface area contributed by atoms with Gasteiger partial charge in [-0.3, -0.25) is 0 Å². The number of carboxylic acids is 1. The van der Waals surface area contributed by atoms with Gasteiger partial charge in [-0.25, -0.2) is 9.59 Å². The average molecular weight is 305 g/mol. The van der Waals surface area contributed by atoms with Gasteiger partial charge in [-0.1, -0.05) is 30.3 Å². The fourth-order valence-corrected chi connectivity index (χ4v) is 3.23. The Balaban J connectivity index is 1.62. The van der Waals surface area contributed by atoms with Crippen molar-refractivity contribution in [1.29, 1.82) is 0 Å². The minimum Gasteiger partial charge on any atom is -0.479 e. The Morgan fingerprint density at radius 2 is 1.86 bits per heavy atom. The summed E-state index contributed by atoms with van der Waals surface area (Å²) in [6, 6.07) is 9.27. The molecule has 2 heterocycles. The van der Waals surface area contributed by atoms with E-state index in [9.17, 15) is 14.7 Å². The standard InChI is InChI=1S/C16H19NO5/c18-14(19)16(8-12-6-7-13(9-16)22-12)17-15(20)21-10-11-4-2-1-3-5-11/h1-5,12-13H,6-10H2,(H,17,20)(H,18,19). The lowest BCUT2D eigenvalue weighted by molar-refractivity contribution is -0.152. The first-order valence-electron chi connectivity index (χ1n) is 7.45. The first kappa shape index (κ1) is 14.8. The van der Waals surface area contributed by atoms with Crippen LogP contribution >= 0.6 is 0 Å².